The summed E-state index contributed by atoms with van der Waals surface area (Å²) in [5, 5.41) is 4.47. The normalized spacial score (nSPS) is 22.4. The maximum atomic E-state index is 12.8. The number of amides is 3. The van der Waals surface area contributed by atoms with Gasteiger partial charge in [0.25, 0.3) is 5.91 Å². The van der Waals surface area contributed by atoms with E-state index in [1.54, 1.807) is 30.5 Å². The first kappa shape index (κ1) is 22.4. The zero-order valence-corrected chi connectivity index (χ0v) is 18.9. The summed E-state index contributed by atoms with van der Waals surface area (Å²) in [6, 6.07) is 6.53. The zero-order valence-electron chi connectivity index (χ0n) is 17.3. The van der Waals surface area contributed by atoms with Crippen molar-refractivity contribution in [2.75, 3.05) is 18.8 Å². The summed E-state index contributed by atoms with van der Waals surface area (Å²) in [7, 11) is -3.73. The Morgan fingerprint density at radius 3 is 2.47 bits per heavy atom. The van der Waals surface area contributed by atoms with Crippen molar-refractivity contribution in [2.45, 2.75) is 38.0 Å². The van der Waals surface area contributed by atoms with Gasteiger partial charge in [-0.05, 0) is 44.0 Å². The van der Waals surface area contributed by atoms with E-state index < -0.39 is 33.3 Å². The number of hydrogen-bond acceptors (Lipinski definition) is 9. The van der Waals surface area contributed by atoms with E-state index in [9.17, 15) is 18.0 Å². The topological polar surface area (TPSA) is 140 Å². The molecule has 3 heterocycles. The lowest BCUT2D eigenvalue weighted by Gasteiger charge is -2.33. The van der Waals surface area contributed by atoms with Crippen molar-refractivity contribution in [1.29, 1.82) is 0 Å². The molecule has 2 aliphatic rings. The molecule has 0 unspecified atom stereocenters. The molecule has 4 rings (SSSR count). The maximum absolute atomic E-state index is 12.8. The minimum atomic E-state index is -3.73. The Bertz CT molecular complexity index is 1070. The number of hydrogen-bond donors (Lipinski definition) is 2. The SMILES string of the molecule is C[C@]1(CS(=O)(=O)N2CCC(Oc3ccc(OCc4cnsn4)cc3)CC2)NC(=O)NC1=O. The van der Waals surface area contributed by atoms with Crippen molar-refractivity contribution in [3.05, 3.63) is 36.2 Å². The Morgan fingerprint density at radius 1 is 1.19 bits per heavy atom. The lowest BCUT2D eigenvalue weighted by molar-refractivity contribution is -0.122. The van der Waals surface area contributed by atoms with E-state index >= 15 is 0 Å². The van der Waals surface area contributed by atoms with Crippen LogP contribution in [0.2, 0.25) is 0 Å². The fraction of sp³-hybridized carbons (Fsp3) is 0.474. The van der Waals surface area contributed by atoms with Crippen LogP contribution in [0.1, 0.15) is 25.5 Å². The predicted molar refractivity (Wildman–Crippen MR) is 115 cm³/mol. The minimum absolute atomic E-state index is 0.126. The molecule has 2 saturated heterocycles. The van der Waals surface area contributed by atoms with Crippen LogP contribution in [0.15, 0.2) is 30.5 Å². The summed E-state index contributed by atoms with van der Waals surface area (Å²) in [5.74, 6) is 0.233. The Kier molecular flexibility index (Phi) is 6.31. The van der Waals surface area contributed by atoms with Crippen LogP contribution in [-0.4, -0.2) is 63.9 Å². The molecule has 1 aromatic heterocycles. The molecule has 0 radical (unpaired) electrons. The van der Waals surface area contributed by atoms with Crippen LogP contribution in [0.3, 0.4) is 0 Å². The monoisotopic (exact) mass is 481 g/mol. The third-order valence-corrected chi connectivity index (χ3v) is 7.91. The van der Waals surface area contributed by atoms with Gasteiger partial charge >= 0.3 is 6.03 Å². The number of aromatic nitrogens is 2. The van der Waals surface area contributed by atoms with Crippen LogP contribution in [0.25, 0.3) is 0 Å². The van der Waals surface area contributed by atoms with Crippen molar-refractivity contribution < 1.29 is 27.5 Å². The molecule has 1 aromatic carbocycles. The first-order valence-corrected chi connectivity index (χ1v) is 12.3. The summed E-state index contributed by atoms with van der Waals surface area (Å²) >= 11 is 1.13. The Balaban J connectivity index is 1.26. The van der Waals surface area contributed by atoms with E-state index in [1.165, 1.54) is 11.2 Å². The number of ether oxygens (including phenoxy) is 2. The lowest BCUT2D eigenvalue weighted by Crippen LogP contribution is -2.53. The molecule has 2 N–H and O–H groups in total. The van der Waals surface area contributed by atoms with Crippen LogP contribution in [0, 0.1) is 0 Å². The number of nitrogens with zero attached hydrogens (tertiary/aromatic N) is 3. The van der Waals surface area contributed by atoms with Gasteiger partial charge in [-0.1, -0.05) is 0 Å². The van der Waals surface area contributed by atoms with Crippen molar-refractivity contribution >= 4 is 33.7 Å². The first-order valence-electron chi connectivity index (χ1n) is 10.0. The standard InChI is InChI=1S/C19H23N5O6S2/c1-19(17(25)21-18(26)22-19)12-32(27,28)24-8-6-16(7-9-24)30-15-4-2-14(3-5-15)29-11-13-10-20-31-23-13/h2-5,10,16H,6-9,11-12H2,1H3,(H2,21,22,25,26)/t19-/m1/s1. The largest absolute Gasteiger partial charge is 0.490 e. The predicted octanol–water partition coefficient (Wildman–Crippen LogP) is 0.888. The molecule has 172 valence electrons. The average Bonchev–Trinajstić information content (AvgIpc) is 3.35. The maximum Gasteiger partial charge on any atom is 0.322 e. The summed E-state index contributed by atoms with van der Waals surface area (Å²) in [4.78, 5) is 23.3. The van der Waals surface area contributed by atoms with Crippen LogP contribution < -0.4 is 20.1 Å². The van der Waals surface area contributed by atoms with Crippen molar-refractivity contribution in [2.24, 2.45) is 0 Å². The van der Waals surface area contributed by atoms with Gasteiger partial charge in [0.05, 0.1) is 23.7 Å². The van der Waals surface area contributed by atoms with Crippen LogP contribution in [0.4, 0.5) is 4.79 Å². The lowest BCUT2D eigenvalue weighted by atomic mass is 10.1. The van der Waals surface area contributed by atoms with Gasteiger partial charge < -0.3 is 14.8 Å². The van der Waals surface area contributed by atoms with E-state index in [1.807, 2.05) is 0 Å². The van der Waals surface area contributed by atoms with Crippen LogP contribution >= 0.6 is 11.7 Å². The van der Waals surface area contributed by atoms with E-state index in [0.29, 0.717) is 30.9 Å². The third kappa shape index (κ3) is 5.16. The molecule has 1 atom stereocenters. The van der Waals surface area contributed by atoms with Gasteiger partial charge in [-0.3, -0.25) is 10.1 Å². The van der Waals surface area contributed by atoms with Gasteiger partial charge in [-0.15, -0.1) is 0 Å². The Labute approximate surface area is 189 Å². The fourth-order valence-corrected chi connectivity index (χ4v) is 5.88. The number of carbonyl (C=O) groups is 2. The fourth-order valence-electron chi connectivity index (χ4n) is 3.58. The summed E-state index contributed by atoms with van der Waals surface area (Å²) in [5.41, 5.74) is -0.703. The molecule has 0 bridgehead atoms. The van der Waals surface area contributed by atoms with Gasteiger partial charge in [-0.25, -0.2) is 17.5 Å². The second-order valence-corrected chi connectivity index (χ2v) is 10.4. The molecule has 0 spiro atoms. The average molecular weight is 482 g/mol. The molecular formula is C19H23N5O6S2. The zero-order chi connectivity index (χ0) is 22.8. The number of piperidine rings is 1. The Morgan fingerprint density at radius 2 is 1.88 bits per heavy atom. The van der Waals surface area contributed by atoms with Gasteiger partial charge in [-0.2, -0.15) is 8.75 Å². The number of rotatable bonds is 8. The molecule has 2 aliphatic heterocycles. The molecular weight excluding hydrogens is 458 g/mol. The second-order valence-electron chi connectivity index (χ2n) is 7.87. The minimum Gasteiger partial charge on any atom is -0.490 e. The summed E-state index contributed by atoms with van der Waals surface area (Å²) in [6.07, 6.45) is 2.57. The van der Waals surface area contributed by atoms with E-state index in [2.05, 4.69) is 19.4 Å². The van der Waals surface area contributed by atoms with Gasteiger partial charge in [0, 0.05) is 13.1 Å². The molecule has 0 saturated carbocycles. The van der Waals surface area contributed by atoms with Gasteiger partial charge in [0.15, 0.2) is 0 Å². The summed E-state index contributed by atoms with van der Waals surface area (Å²) < 4.78 is 46.5. The number of imide groups is 1. The molecule has 2 aromatic rings. The highest BCUT2D eigenvalue weighted by atomic mass is 32.2. The molecule has 13 heteroatoms. The van der Waals surface area contributed by atoms with Crippen molar-refractivity contribution in [3.63, 3.8) is 0 Å². The number of benzene rings is 1. The molecule has 0 aliphatic carbocycles. The van der Waals surface area contributed by atoms with Crippen LogP contribution in [0.5, 0.6) is 11.5 Å². The van der Waals surface area contributed by atoms with E-state index in [0.717, 1.165) is 17.4 Å². The van der Waals surface area contributed by atoms with Crippen LogP contribution in [-0.2, 0) is 21.4 Å². The highest BCUT2D eigenvalue weighted by molar-refractivity contribution is 7.89. The first-order chi connectivity index (χ1) is 15.2. The van der Waals surface area contributed by atoms with Gasteiger partial charge in [0.2, 0.25) is 10.0 Å². The van der Waals surface area contributed by atoms with Crippen molar-refractivity contribution in [3.8, 4) is 11.5 Å². The quantitative estimate of drug-likeness (QED) is 0.530. The third-order valence-electron chi connectivity index (χ3n) is 5.30. The highest BCUT2D eigenvalue weighted by Crippen LogP contribution is 2.25. The number of nitrogens with one attached hydrogen (secondary N) is 2. The molecule has 32 heavy (non-hydrogen) atoms. The highest BCUT2D eigenvalue weighted by Gasteiger charge is 2.46. The van der Waals surface area contributed by atoms with Gasteiger partial charge in [0.1, 0.15) is 35.4 Å². The van der Waals surface area contributed by atoms with E-state index in [-0.39, 0.29) is 19.2 Å². The van der Waals surface area contributed by atoms with E-state index in [4.69, 9.17) is 9.47 Å². The molecule has 2 fully saturated rings. The summed E-state index contributed by atoms with van der Waals surface area (Å²) in [6.45, 7) is 2.30. The van der Waals surface area contributed by atoms with Crippen molar-refractivity contribution in [1.82, 2.24) is 23.7 Å². The second kappa shape index (κ2) is 9.00. The Hall–Kier alpha value is -2.77. The molecule has 3 amide bonds. The number of carbonyl (C=O) groups excluding carboxylic acids is 2. The number of urea groups is 1. The smallest absolute Gasteiger partial charge is 0.322 e. The number of sulfonamides is 1. The molecule has 11 nitrogen and oxygen atoms in total.